The molecule has 1 heterocycles. The molecule has 0 aliphatic carbocycles. The van der Waals surface area contributed by atoms with E-state index in [0.717, 1.165) is 0 Å². The summed E-state index contributed by atoms with van der Waals surface area (Å²) >= 11 is 0. The van der Waals surface area contributed by atoms with Crippen LogP contribution in [-0.4, -0.2) is 17.7 Å². The standard InChI is InChI=1S/C10H11N3O3/c1-3-15-10(14)8(5-11)6-12-9-4-7(2)13-16-9/h4,6,12H,3H2,1-2H3/b8-6+. The van der Waals surface area contributed by atoms with Gasteiger partial charge in [0.15, 0.2) is 5.57 Å². The summed E-state index contributed by atoms with van der Waals surface area (Å²) in [7, 11) is 0. The van der Waals surface area contributed by atoms with Crippen LogP contribution in [0.4, 0.5) is 5.88 Å². The summed E-state index contributed by atoms with van der Waals surface area (Å²) in [5.41, 5.74) is 0.571. The smallest absolute Gasteiger partial charge is 0.350 e. The predicted molar refractivity (Wildman–Crippen MR) is 55.2 cm³/mol. The van der Waals surface area contributed by atoms with Crippen LogP contribution in [0.1, 0.15) is 12.6 Å². The Morgan fingerprint density at radius 1 is 1.81 bits per heavy atom. The summed E-state index contributed by atoms with van der Waals surface area (Å²) in [6.07, 6.45) is 1.22. The van der Waals surface area contributed by atoms with Gasteiger partial charge in [-0.2, -0.15) is 5.26 Å². The lowest BCUT2D eigenvalue weighted by Crippen LogP contribution is -2.07. The van der Waals surface area contributed by atoms with Crippen molar-refractivity contribution >= 4 is 11.9 Å². The van der Waals surface area contributed by atoms with Gasteiger partial charge in [0.25, 0.3) is 0 Å². The summed E-state index contributed by atoms with van der Waals surface area (Å²) < 4.78 is 9.50. The van der Waals surface area contributed by atoms with Crippen LogP contribution in [-0.2, 0) is 9.53 Å². The van der Waals surface area contributed by atoms with Crippen LogP contribution in [0, 0.1) is 18.3 Å². The normalized spacial score (nSPS) is 10.7. The second-order valence-electron chi connectivity index (χ2n) is 2.87. The topological polar surface area (TPSA) is 88.2 Å². The minimum absolute atomic E-state index is 0.129. The second-order valence-corrected chi connectivity index (χ2v) is 2.87. The molecular weight excluding hydrogens is 210 g/mol. The van der Waals surface area contributed by atoms with E-state index >= 15 is 0 Å². The van der Waals surface area contributed by atoms with Crippen molar-refractivity contribution in [2.45, 2.75) is 13.8 Å². The van der Waals surface area contributed by atoms with Crippen molar-refractivity contribution in [3.63, 3.8) is 0 Å². The molecule has 1 N–H and O–H groups in total. The SMILES string of the molecule is CCOC(=O)/C(C#N)=C/Nc1cc(C)no1. The minimum atomic E-state index is -0.672. The number of nitriles is 1. The van der Waals surface area contributed by atoms with Crippen molar-refractivity contribution in [2.75, 3.05) is 11.9 Å². The fourth-order valence-electron chi connectivity index (χ4n) is 0.921. The molecule has 0 unspecified atom stereocenters. The van der Waals surface area contributed by atoms with Gasteiger partial charge in [0.2, 0.25) is 5.88 Å². The summed E-state index contributed by atoms with van der Waals surface area (Å²) in [6.45, 7) is 3.65. The number of anilines is 1. The molecule has 0 atom stereocenters. The van der Waals surface area contributed by atoms with Gasteiger partial charge in [-0.25, -0.2) is 4.79 Å². The lowest BCUT2D eigenvalue weighted by Gasteiger charge is -1.99. The molecule has 0 bridgehead atoms. The molecule has 0 spiro atoms. The van der Waals surface area contributed by atoms with Crippen molar-refractivity contribution in [3.8, 4) is 6.07 Å². The Kier molecular flexibility index (Phi) is 4.09. The Labute approximate surface area is 92.5 Å². The van der Waals surface area contributed by atoms with E-state index < -0.39 is 5.97 Å². The Morgan fingerprint density at radius 3 is 3.06 bits per heavy atom. The van der Waals surface area contributed by atoms with E-state index in [-0.39, 0.29) is 12.2 Å². The molecular formula is C10H11N3O3. The van der Waals surface area contributed by atoms with Crippen LogP contribution in [0.3, 0.4) is 0 Å². The van der Waals surface area contributed by atoms with E-state index in [0.29, 0.717) is 11.6 Å². The van der Waals surface area contributed by atoms with Crippen LogP contribution in [0.2, 0.25) is 0 Å². The number of esters is 1. The van der Waals surface area contributed by atoms with Crippen molar-refractivity contribution in [1.29, 1.82) is 5.26 Å². The van der Waals surface area contributed by atoms with Crippen molar-refractivity contribution < 1.29 is 14.1 Å². The molecule has 0 radical (unpaired) electrons. The number of carbonyl (C=O) groups is 1. The molecule has 0 amide bonds. The van der Waals surface area contributed by atoms with Crippen LogP contribution in [0.15, 0.2) is 22.4 Å². The van der Waals surface area contributed by atoms with Gasteiger partial charge in [-0.3, -0.25) is 0 Å². The first-order chi connectivity index (χ1) is 7.67. The first-order valence-electron chi connectivity index (χ1n) is 4.64. The highest BCUT2D eigenvalue weighted by molar-refractivity contribution is 5.93. The van der Waals surface area contributed by atoms with Crippen molar-refractivity contribution in [2.24, 2.45) is 0 Å². The molecule has 0 saturated carbocycles. The van der Waals surface area contributed by atoms with E-state index in [1.165, 1.54) is 6.20 Å². The summed E-state index contributed by atoms with van der Waals surface area (Å²) in [4.78, 5) is 11.2. The Balaban J connectivity index is 2.67. The zero-order valence-electron chi connectivity index (χ0n) is 8.98. The lowest BCUT2D eigenvalue weighted by molar-refractivity contribution is -0.138. The number of aryl methyl sites for hydroxylation is 1. The highest BCUT2D eigenvalue weighted by Crippen LogP contribution is 2.09. The van der Waals surface area contributed by atoms with Gasteiger partial charge < -0.3 is 14.6 Å². The number of rotatable bonds is 4. The molecule has 0 aliphatic rings. The number of hydrogen-bond donors (Lipinski definition) is 1. The van der Waals surface area contributed by atoms with Crippen LogP contribution in [0.5, 0.6) is 0 Å². The highest BCUT2D eigenvalue weighted by Gasteiger charge is 2.09. The average molecular weight is 221 g/mol. The Bertz CT molecular complexity index is 442. The first kappa shape index (κ1) is 11.8. The maximum Gasteiger partial charge on any atom is 0.350 e. The zero-order chi connectivity index (χ0) is 12.0. The molecule has 0 fully saturated rings. The molecule has 84 valence electrons. The second kappa shape index (κ2) is 5.56. The number of nitrogens with one attached hydrogen (secondary N) is 1. The van der Waals surface area contributed by atoms with Gasteiger partial charge >= 0.3 is 5.97 Å². The molecule has 16 heavy (non-hydrogen) atoms. The fraction of sp³-hybridized carbons (Fsp3) is 0.300. The maximum atomic E-state index is 11.2. The van der Waals surface area contributed by atoms with Crippen LogP contribution in [0.25, 0.3) is 0 Å². The maximum absolute atomic E-state index is 11.2. The molecule has 6 heteroatoms. The quantitative estimate of drug-likeness (QED) is 0.469. The number of aromatic nitrogens is 1. The number of hydrogen-bond acceptors (Lipinski definition) is 6. The largest absolute Gasteiger partial charge is 0.462 e. The van der Waals surface area contributed by atoms with E-state index in [9.17, 15) is 4.79 Å². The first-order valence-corrected chi connectivity index (χ1v) is 4.64. The Morgan fingerprint density at radius 2 is 2.56 bits per heavy atom. The van der Waals surface area contributed by atoms with Gasteiger partial charge in [-0.05, 0) is 13.8 Å². The molecule has 1 aromatic rings. The predicted octanol–water partition coefficient (Wildman–Crippen LogP) is 1.37. The number of ether oxygens (including phenoxy) is 1. The van der Waals surface area contributed by atoms with Gasteiger partial charge in [0, 0.05) is 12.3 Å². The highest BCUT2D eigenvalue weighted by atomic mass is 16.5. The summed E-state index contributed by atoms with van der Waals surface area (Å²) in [6, 6.07) is 3.36. The number of nitrogens with zero attached hydrogens (tertiary/aromatic N) is 2. The van der Waals surface area contributed by atoms with E-state index in [1.807, 2.05) is 0 Å². The Hall–Kier alpha value is -2.29. The van der Waals surface area contributed by atoms with Gasteiger partial charge in [-0.1, -0.05) is 5.16 Å². The molecule has 0 aromatic carbocycles. The van der Waals surface area contributed by atoms with Gasteiger partial charge in [0.1, 0.15) is 6.07 Å². The third-order valence-electron chi connectivity index (χ3n) is 1.60. The van der Waals surface area contributed by atoms with E-state index in [1.54, 1.807) is 26.0 Å². The van der Waals surface area contributed by atoms with Crippen LogP contribution >= 0.6 is 0 Å². The third kappa shape index (κ3) is 3.13. The van der Waals surface area contributed by atoms with E-state index in [2.05, 4.69) is 15.2 Å². The van der Waals surface area contributed by atoms with Gasteiger partial charge in [-0.15, -0.1) is 0 Å². The molecule has 0 aliphatic heterocycles. The molecule has 1 rings (SSSR count). The zero-order valence-corrected chi connectivity index (χ0v) is 8.98. The summed E-state index contributed by atoms with van der Waals surface area (Å²) in [5.74, 6) is -0.316. The average Bonchev–Trinajstić information content (AvgIpc) is 2.65. The van der Waals surface area contributed by atoms with Gasteiger partial charge in [0.05, 0.1) is 12.3 Å². The lowest BCUT2D eigenvalue weighted by atomic mass is 10.3. The molecule has 1 aromatic heterocycles. The molecule has 0 saturated heterocycles. The number of carbonyl (C=O) groups excluding carboxylic acids is 1. The van der Waals surface area contributed by atoms with Crippen molar-refractivity contribution in [3.05, 3.63) is 23.5 Å². The fourth-order valence-corrected chi connectivity index (χ4v) is 0.921. The van der Waals surface area contributed by atoms with Crippen molar-refractivity contribution in [1.82, 2.24) is 5.16 Å². The monoisotopic (exact) mass is 221 g/mol. The minimum Gasteiger partial charge on any atom is -0.462 e. The summed E-state index contributed by atoms with van der Waals surface area (Å²) in [5, 5.41) is 15.0. The van der Waals surface area contributed by atoms with E-state index in [4.69, 9.17) is 9.78 Å². The molecule has 6 nitrogen and oxygen atoms in total. The third-order valence-corrected chi connectivity index (χ3v) is 1.60. The van der Waals surface area contributed by atoms with Crippen LogP contribution < -0.4 is 5.32 Å².